The van der Waals surface area contributed by atoms with E-state index in [0.717, 1.165) is 12.1 Å². The topological polar surface area (TPSA) is 59.1 Å². The summed E-state index contributed by atoms with van der Waals surface area (Å²) in [7, 11) is -4.05. The fourth-order valence-corrected chi connectivity index (χ4v) is 6.21. The van der Waals surface area contributed by atoms with E-state index in [0.29, 0.717) is 43.1 Å². The van der Waals surface area contributed by atoms with Crippen LogP contribution >= 0.6 is 0 Å². The van der Waals surface area contributed by atoms with Crippen molar-refractivity contribution in [2.24, 2.45) is 0 Å². The average Bonchev–Trinajstić information content (AvgIpc) is 3.31. The highest BCUT2D eigenvalue weighted by molar-refractivity contribution is 7.92. The Bertz CT molecular complexity index is 1310. The SMILES string of the molecule is O=S(=O)(c1ccc(F)cc1)N(c1ccc2c(c1)OCO2)C1CCN(Cc2c(F)cccc2F)CC1. The van der Waals surface area contributed by atoms with Gasteiger partial charge in [-0.05, 0) is 61.4 Å². The van der Waals surface area contributed by atoms with Crippen LogP contribution in [-0.4, -0.2) is 39.2 Å². The lowest BCUT2D eigenvalue weighted by molar-refractivity contribution is 0.174. The maximum Gasteiger partial charge on any atom is 0.264 e. The third-order valence-corrected chi connectivity index (χ3v) is 8.21. The van der Waals surface area contributed by atoms with Crippen LogP contribution in [0.3, 0.4) is 0 Å². The molecule has 0 aliphatic carbocycles. The van der Waals surface area contributed by atoms with Gasteiger partial charge in [0.2, 0.25) is 6.79 Å². The number of benzene rings is 3. The highest BCUT2D eigenvalue weighted by Crippen LogP contribution is 2.39. The summed E-state index contributed by atoms with van der Waals surface area (Å²) in [5.41, 5.74) is 0.398. The van der Waals surface area contributed by atoms with Crippen molar-refractivity contribution in [2.75, 3.05) is 24.2 Å². The van der Waals surface area contributed by atoms with Crippen LogP contribution in [0, 0.1) is 17.5 Å². The van der Waals surface area contributed by atoms with Gasteiger partial charge >= 0.3 is 0 Å². The molecule has 1 saturated heterocycles. The first-order valence-corrected chi connectivity index (χ1v) is 12.6. The van der Waals surface area contributed by atoms with E-state index in [9.17, 15) is 21.6 Å². The molecule has 35 heavy (non-hydrogen) atoms. The van der Waals surface area contributed by atoms with Crippen molar-refractivity contribution in [1.82, 2.24) is 4.90 Å². The number of hydrogen-bond acceptors (Lipinski definition) is 5. The van der Waals surface area contributed by atoms with E-state index in [1.807, 2.05) is 4.90 Å². The minimum atomic E-state index is -4.05. The number of anilines is 1. The zero-order chi connectivity index (χ0) is 24.6. The molecule has 1 fully saturated rings. The molecule has 2 heterocycles. The summed E-state index contributed by atoms with van der Waals surface area (Å²) in [5.74, 6) is -0.780. The Labute approximate surface area is 201 Å². The number of piperidine rings is 1. The Kier molecular flexibility index (Phi) is 6.33. The van der Waals surface area contributed by atoms with Crippen molar-refractivity contribution >= 4 is 15.7 Å². The normalized spacial score (nSPS) is 16.4. The highest BCUT2D eigenvalue weighted by atomic mass is 32.2. The first-order chi connectivity index (χ1) is 16.8. The Morgan fingerprint density at radius 3 is 2.23 bits per heavy atom. The zero-order valence-corrected chi connectivity index (χ0v) is 19.5. The molecular weight excluding hydrogens is 481 g/mol. The van der Waals surface area contributed by atoms with E-state index in [1.54, 1.807) is 18.2 Å². The van der Waals surface area contributed by atoms with E-state index in [-0.39, 0.29) is 23.8 Å². The molecule has 0 aromatic heterocycles. The van der Waals surface area contributed by atoms with Gasteiger partial charge in [-0.3, -0.25) is 9.21 Å². The lowest BCUT2D eigenvalue weighted by Crippen LogP contribution is -2.47. The second-order valence-corrected chi connectivity index (χ2v) is 10.3. The molecule has 0 bridgehead atoms. The van der Waals surface area contributed by atoms with E-state index < -0.39 is 33.5 Å². The number of fused-ring (bicyclic) bond motifs is 1. The fourth-order valence-electron chi connectivity index (χ4n) is 4.51. The molecule has 0 spiro atoms. The molecule has 3 aromatic carbocycles. The van der Waals surface area contributed by atoms with Gasteiger partial charge in [-0.15, -0.1) is 0 Å². The summed E-state index contributed by atoms with van der Waals surface area (Å²) in [4.78, 5) is 1.87. The smallest absolute Gasteiger partial charge is 0.264 e. The predicted octanol–water partition coefficient (Wildman–Crippen LogP) is 4.69. The van der Waals surface area contributed by atoms with Crippen molar-refractivity contribution in [2.45, 2.75) is 30.3 Å². The Morgan fingerprint density at radius 2 is 1.54 bits per heavy atom. The summed E-state index contributed by atoms with van der Waals surface area (Å²) in [6.45, 7) is 1.03. The fraction of sp³-hybridized carbons (Fsp3) is 0.280. The Balaban J connectivity index is 1.42. The Morgan fingerprint density at radius 1 is 0.886 bits per heavy atom. The number of likely N-dealkylation sites (tertiary alicyclic amines) is 1. The van der Waals surface area contributed by atoms with Crippen LogP contribution in [0.1, 0.15) is 18.4 Å². The molecular formula is C25H23F3N2O4S. The summed E-state index contributed by atoms with van der Waals surface area (Å²) >= 11 is 0. The largest absolute Gasteiger partial charge is 0.454 e. The first kappa shape index (κ1) is 23.5. The molecule has 6 nitrogen and oxygen atoms in total. The van der Waals surface area contributed by atoms with Gasteiger partial charge in [0, 0.05) is 37.3 Å². The van der Waals surface area contributed by atoms with Crippen molar-refractivity contribution in [3.63, 3.8) is 0 Å². The van der Waals surface area contributed by atoms with E-state index >= 15 is 0 Å². The lowest BCUT2D eigenvalue weighted by atomic mass is 10.0. The Hall–Kier alpha value is -3.24. The van der Waals surface area contributed by atoms with Crippen molar-refractivity contribution in [3.8, 4) is 11.5 Å². The number of nitrogens with zero attached hydrogens (tertiary/aromatic N) is 2. The second kappa shape index (κ2) is 9.43. The van der Waals surface area contributed by atoms with Crippen LogP contribution in [0.15, 0.2) is 65.6 Å². The quantitative estimate of drug-likeness (QED) is 0.488. The van der Waals surface area contributed by atoms with Crippen LogP contribution in [-0.2, 0) is 16.6 Å². The zero-order valence-electron chi connectivity index (χ0n) is 18.7. The van der Waals surface area contributed by atoms with Gasteiger partial charge < -0.3 is 9.47 Å². The molecule has 0 amide bonds. The third-order valence-electron chi connectivity index (χ3n) is 6.31. The molecule has 2 aliphatic heterocycles. The van der Waals surface area contributed by atoms with Gasteiger partial charge in [0.15, 0.2) is 11.5 Å². The van der Waals surface area contributed by atoms with Gasteiger partial charge in [-0.1, -0.05) is 6.07 Å². The van der Waals surface area contributed by atoms with Gasteiger partial charge in [-0.25, -0.2) is 21.6 Å². The summed E-state index contributed by atoms with van der Waals surface area (Å²) in [5, 5.41) is 0. The number of halogens is 3. The monoisotopic (exact) mass is 504 g/mol. The van der Waals surface area contributed by atoms with Crippen molar-refractivity contribution < 1.29 is 31.1 Å². The van der Waals surface area contributed by atoms with Crippen LogP contribution < -0.4 is 13.8 Å². The molecule has 2 aliphatic rings. The van der Waals surface area contributed by atoms with Crippen LogP contribution in [0.4, 0.5) is 18.9 Å². The van der Waals surface area contributed by atoms with Gasteiger partial charge in [0.1, 0.15) is 17.5 Å². The molecule has 0 N–H and O–H groups in total. The average molecular weight is 505 g/mol. The maximum absolute atomic E-state index is 14.1. The van der Waals surface area contributed by atoms with Gasteiger partial charge in [0.05, 0.1) is 10.6 Å². The van der Waals surface area contributed by atoms with Crippen molar-refractivity contribution in [3.05, 3.63) is 83.7 Å². The van der Waals surface area contributed by atoms with Crippen LogP contribution in [0.5, 0.6) is 11.5 Å². The maximum atomic E-state index is 14.1. The van der Waals surface area contributed by atoms with E-state index in [4.69, 9.17) is 9.47 Å². The standard InChI is InChI=1S/C25H23F3N2O4S/c26-17-4-7-20(8-5-17)35(31,32)30(19-6-9-24-25(14-19)34-16-33-24)18-10-12-29(13-11-18)15-21-22(27)2-1-3-23(21)28/h1-9,14,18H,10-13,15-16H2. The molecule has 10 heteroatoms. The number of hydrogen-bond donors (Lipinski definition) is 0. The predicted molar refractivity (Wildman–Crippen MR) is 123 cm³/mol. The summed E-state index contributed by atoms with van der Waals surface area (Å²) < 4.78 is 81.3. The molecule has 184 valence electrons. The van der Waals surface area contributed by atoms with Gasteiger partial charge in [0.25, 0.3) is 10.0 Å². The van der Waals surface area contributed by atoms with Gasteiger partial charge in [-0.2, -0.15) is 0 Å². The second-order valence-electron chi connectivity index (χ2n) is 8.50. The van der Waals surface area contributed by atoms with Crippen LogP contribution in [0.25, 0.3) is 0 Å². The molecule has 0 radical (unpaired) electrons. The molecule has 0 unspecified atom stereocenters. The van der Waals surface area contributed by atoms with E-state index in [2.05, 4.69) is 0 Å². The number of ether oxygens (including phenoxy) is 2. The molecule has 5 rings (SSSR count). The summed E-state index contributed by atoms with van der Waals surface area (Å²) in [6.07, 6.45) is 0.871. The first-order valence-electron chi connectivity index (χ1n) is 11.2. The lowest BCUT2D eigenvalue weighted by Gasteiger charge is -2.39. The molecule has 0 atom stereocenters. The third kappa shape index (κ3) is 4.68. The minimum Gasteiger partial charge on any atom is -0.454 e. The molecule has 3 aromatic rings. The summed E-state index contributed by atoms with van der Waals surface area (Å²) in [6, 6.07) is 13.0. The minimum absolute atomic E-state index is 0.00230. The van der Waals surface area contributed by atoms with E-state index in [1.165, 1.54) is 34.6 Å². The number of rotatable bonds is 6. The molecule has 0 saturated carbocycles. The number of sulfonamides is 1. The highest BCUT2D eigenvalue weighted by Gasteiger charge is 2.35. The van der Waals surface area contributed by atoms with Crippen LogP contribution in [0.2, 0.25) is 0 Å². The van der Waals surface area contributed by atoms with Crippen molar-refractivity contribution in [1.29, 1.82) is 0 Å².